The fourth-order valence-corrected chi connectivity index (χ4v) is 1.55. The van der Waals surface area contributed by atoms with Crippen LogP contribution in [-0.4, -0.2) is 20.0 Å². The van der Waals surface area contributed by atoms with Gasteiger partial charge in [-0.05, 0) is 6.92 Å². The summed E-state index contributed by atoms with van der Waals surface area (Å²) in [6.45, 7) is 1.58. The fraction of sp³-hybridized carbons (Fsp3) is 0.571. The van der Waals surface area contributed by atoms with Gasteiger partial charge >= 0.3 is 6.18 Å². The highest BCUT2D eigenvalue weighted by molar-refractivity contribution is 8.00. The van der Waals surface area contributed by atoms with Crippen molar-refractivity contribution >= 4 is 11.8 Å². The van der Waals surface area contributed by atoms with E-state index >= 15 is 0 Å². The van der Waals surface area contributed by atoms with Gasteiger partial charge in [0.15, 0.2) is 5.16 Å². The largest absolute Gasteiger partial charge is 0.451 e. The summed E-state index contributed by atoms with van der Waals surface area (Å²) in [6, 6.07) is 1.89. The third-order valence-electron chi connectivity index (χ3n) is 1.55. The standard InChI is InChI=1S/C7H7F3N4S/c1-4(3-11)15-6-13-12-5(14(6)2)7(8,9)10/h4H,1-2H3. The van der Waals surface area contributed by atoms with Crippen LogP contribution in [0.4, 0.5) is 13.2 Å². The number of nitrogens with zero attached hydrogens (tertiary/aromatic N) is 4. The first-order valence-electron chi connectivity index (χ1n) is 3.89. The number of rotatable bonds is 2. The van der Waals surface area contributed by atoms with Crippen LogP contribution < -0.4 is 0 Å². The van der Waals surface area contributed by atoms with Gasteiger partial charge in [0.05, 0.1) is 11.3 Å². The van der Waals surface area contributed by atoms with E-state index in [-0.39, 0.29) is 5.16 Å². The Bertz CT molecular complexity index is 392. The number of aromatic nitrogens is 3. The van der Waals surface area contributed by atoms with E-state index in [0.717, 1.165) is 16.3 Å². The van der Waals surface area contributed by atoms with Gasteiger partial charge in [-0.2, -0.15) is 18.4 Å². The van der Waals surface area contributed by atoms with Gasteiger partial charge in [0.2, 0.25) is 5.82 Å². The number of halogens is 3. The summed E-state index contributed by atoms with van der Waals surface area (Å²) in [5, 5.41) is 14.5. The number of thioether (sulfide) groups is 1. The Kier molecular flexibility index (Phi) is 3.24. The summed E-state index contributed by atoms with van der Waals surface area (Å²) in [5.41, 5.74) is 0. The van der Waals surface area contributed by atoms with Crippen LogP contribution in [-0.2, 0) is 13.2 Å². The molecule has 0 spiro atoms. The minimum absolute atomic E-state index is 0.0800. The van der Waals surface area contributed by atoms with Crippen LogP contribution in [0.3, 0.4) is 0 Å². The molecule has 1 rings (SSSR count). The van der Waals surface area contributed by atoms with Crippen molar-refractivity contribution < 1.29 is 13.2 Å². The molecule has 0 amide bonds. The molecular formula is C7H7F3N4S. The smallest absolute Gasteiger partial charge is 0.301 e. The van der Waals surface area contributed by atoms with Crippen molar-refractivity contribution in [2.75, 3.05) is 0 Å². The Morgan fingerprint density at radius 3 is 2.47 bits per heavy atom. The molecule has 0 aliphatic rings. The summed E-state index contributed by atoms with van der Waals surface area (Å²) in [6.07, 6.45) is -4.52. The first-order chi connectivity index (χ1) is 6.86. The number of alkyl halides is 3. The van der Waals surface area contributed by atoms with Crippen LogP contribution in [0.5, 0.6) is 0 Å². The van der Waals surface area contributed by atoms with E-state index in [1.165, 1.54) is 7.05 Å². The molecule has 0 saturated heterocycles. The molecule has 0 fully saturated rings. The third kappa shape index (κ3) is 2.62. The summed E-state index contributed by atoms with van der Waals surface area (Å²) in [4.78, 5) is 0. The van der Waals surface area contributed by atoms with E-state index in [0.29, 0.717) is 0 Å². The molecular weight excluding hydrogens is 229 g/mol. The second-order valence-electron chi connectivity index (χ2n) is 2.75. The van der Waals surface area contributed by atoms with Crippen molar-refractivity contribution in [1.29, 1.82) is 5.26 Å². The van der Waals surface area contributed by atoms with Gasteiger partial charge in [-0.15, -0.1) is 10.2 Å². The summed E-state index contributed by atoms with van der Waals surface area (Å²) in [7, 11) is 1.22. The summed E-state index contributed by atoms with van der Waals surface area (Å²) < 4.78 is 37.7. The van der Waals surface area contributed by atoms with Crippen LogP contribution in [0.2, 0.25) is 0 Å². The van der Waals surface area contributed by atoms with Crippen LogP contribution in [0, 0.1) is 11.3 Å². The topological polar surface area (TPSA) is 54.5 Å². The molecule has 1 aromatic rings. The minimum atomic E-state index is -4.52. The van der Waals surface area contributed by atoms with Gasteiger partial charge in [-0.1, -0.05) is 11.8 Å². The van der Waals surface area contributed by atoms with E-state index in [1.807, 2.05) is 6.07 Å². The maximum atomic E-state index is 12.3. The van der Waals surface area contributed by atoms with Crippen molar-refractivity contribution in [2.45, 2.75) is 23.5 Å². The lowest BCUT2D eigenvalue weighted by Crippen LogP contribution is -2.13. The monoisotopic (exact) mass is 236 g/mol. The molecule has 15 heavy (non-hydrogen) atoms. The highest BCUT2D eigenvalue weighted by Crippen LogP contribution is 2.30. The molecule has 0 aliphatic carbocycles. The Morgan fingerprint density at radius 2 is 2.07 bits per heavy atom. The first kappa shape index (κ1) is 11.8. The Morgan fingerprint density at radius 1 is 1.47 bits per heavy atom. The second kappa shape index (κ2) is 4.10. The zero-order chi connectivity index (χ0) is 11.6. The Labute approximate surface area is 88.1 Å². The van der Waals surface area contributed by atoms with E-state index in [1.54, 1.807) is 6.92 Å². The lowest BCUT2D eigenvalue weighted by atomic mass is 10.5. The lowest BCUT2D eigenvalue weighted by Gasteiger charge is -2.06. The number of hydrogen-bond acceptors (Lipinski definition) is 4. The van der Waals surface area contributed by atoms with Gasteiger partial charge < -0.3 is 4.57 Å². The molecule has 0 bridgehead atoms. The molecule has 1 aromatic heterocycles. The van der Waals surface area contributed by atoms with Crippen molar-refractivity contribution in [3.8, 4) is 6.07 Å². The van der Waals surface area contributed by atoms with Crippen molar-refractivity contribution in [3.05, 3.63) is 5.82 Å². The molecule has 0 aromatic carbocycles. The SMILES string of the molecule is CC(C#N)Sc1nnc(C(F)(F)F)n1C. The molecule has 1 unspecified atom stereocenters. The normalized spacial score (nSPS) is 13.6. The predicted octanol–water partition coefficient (Wildman–Crippen LogP) is 1.84. The summed E-state index contributed by atoms with van der Waals surface area (Å²) in [5.74, 6) is -1.06. The zero-order valence-electron chi connectivity index (χ0n) is 7.91. The van der Waals surface area contributed by atoms with Gasteiger partial charge in [0.1, 0.15) is 0 Å². The third-order valence-corrected chi connectivity index (χ3v) is 2.58. The molecule has 0 radical (unpaired) electrons. The first-order valence-corrected chi connectivity index (χ1v) is 4.77. The lowest BCUT2D eigenvalue weighted by molar-refractivity contribution is -0.147. The zero-order valence-corrected chi connectivity index (χ0v) is 8.72. The van der Waals surface area contributed by atoms with E-state index in [2.05, 4.69) is 10.2 Å². The molecule has 0 saturated carbocycles. The van der Waals surface area contributed by atoms with Crippen LogP contribution in [0.15, 0.2) is 5.16 Å². The Balaban J connectivity index is 2.96. The van der Waals surface area contributed by atoms with Gasteiger partial charge in [0.25, 0.3) is 0 Å². The highest BCUT2D eigenvalue weighted by Gasteiger charge is 2.37. The molecule has 8 heteroatoms. The maximum Gasteiger partial charge on any atom is 0.451 e. The molecule has 1 atom stereocenters. The molecule has 4 nitrogen and oxygen atoms in total. The average molecular weight is 236 g/mol. The second-order valence-corrected chi connectivity index (χ2v) is 4.06. The van der Waals surface area contributed by atoms with Crippen LogP contribution in [0.1, 0.15) is 12.7 Å². The molecule has 1 heterocycles. The number of hydrogen-bond donors (Lipinski definition) is 0. The van der Waals surface area contributed by atoms with Crippen molar-refractivity contribution in [1.82, 2.24) is 14.8 Å². The predicted molar refractivity (Wildman–Crippen MR) is 46.9 cm³/mol. The fourth-order valence-electron chi connectivity index (χ4n) is 0.849. The van der Waals surface area contributed by atoms with Crippen molar-refractivity contribution in [3.63, 3.8) is 0 Å². The van der Waals surface area contributed by atoms with Crippen molar-refractivity contribution in [2.24, 2.45) is 7.05 Å². The van der Waals surface area contributed by atoms with E-state index in [9.17, 15) is 13.2 Å². The van der Waals surface area contributed by atoms with Crippen LogP contribution >= 0.6 is 11.8 Å². The molecule has 0 aliphatic heterocycles. The number of nitriles is 1. The average Bonchev–Trinajstić information content (AvgIpc) is 2.47. The summed E-state index contributed by atoms with van der Waals surface area (Å²) >= 11 is 0.935. The maximum absolute atomic E-state index is 12.3. The van der Waals surface area contributed by atoms with Crippen LogP contribution in [0.25, 0.3) is 0 Å². The van der Waals surface area contributed by atoms with Gasteiger partial charge in [0, 0.05) is 7.05 Å². The Hall–Kier alpha value is -1.23. The molecule has 0 N–H and O–H groups in total. The minimum Gasteiger partial charge on any atom is -0.301 e. The van der Waals surface area contributed by atoms with Gasteiger partial charge in [-0.3, -0.25) is 0 Å². The van der Waals surface area contributed by atoms with E-state index in [4.69, 9.17) is 5.26 Å². The highest BCUT2D eigenvalue weighted by atomic mass is 32.2. The molecule has 82 valence electrons. The van der Waals surface area contributed by atoms with Gasteiger partial charge in [-0.25, -0.2) is 0 Å². The van der Waals surface area contributed by atoms with E-state index < -0.39 is 17.3 Å². The quantitative estimate of drug-likeness (QED) is 0.735.